The van der Waals surface area contributed by atoms with Crippen LogP contribution in [-0.2, 0) is 6.54 Å². The monoisotopic (exact) mass is 222 g/mol. The van der Waals surface area contributed by atoms with E-state index >= 15 is 0 Å². The van der Waals surface area contributed by atoms with E-state index < -0.39 is 0 Å². The average Bonchev–Trinajstić information content (AvgIpc) is 2.70. The van der Waals surface area contributed by atoms with E-state index in [2.05, 4.69) is 16.8 Å². The lowest BCUT2D eigenvalue weighted by atomic mass is 10.1. The highest BCUT2D eigenvalue weighted by atomic mass is 19.1. The Labute approximate surface area is 96.5 Å². The van der Waals surface area contributed by atoms with E-state index in [0.29, 0.717) is 12.2 Å². The SMILES string of the molecule is CCC1CCN(Cc2ncc(C)cc2F)C1. The molecular formula is C13H19FN2. The summed E-state index contributed by atoms with van der Waals surface area (Å²) >= 11 is 0. The van der Waals surface area contributed by atoms with Crippen molar-refractivity contribution in [3.05, 3.63) is 29.3 Å². The molecule has 0 aliphatic carbocycles. The minimum absolute atomic E-state index is 0.167. The van der Waals surface area contributed by atoms with Crippen LogP contribution in [0.15, 0.2) is 12.3 Å². The highest BCUT2D eigenvalue weighted by molar-refractivity contribution is 5.14. The number of likely N-dealkylation sites (tertiary alicyclic amines) is 1. The van der Waals surface area contributed by atoms with Gasteiger partial charge in [-0.05, 0) is 37.4 Å². The maximum Gasteiger partial charge on any atom is 0.146 e. The highest BCUT2D eigenvalue weighted by Crippen LogP contribution is 2.21. The number of rotatable bonds is 3. The Morgan fingerprint density at radius 1 is 1.56 bits per heavy atom. The summed E-state index contributed by atoms with van der Waals surface area (Å²) in [6, 6.07) is 1.57. The molecule has 1 aromatic rings. The van der Waals surface area contributed by atoms with Crippen LogP contribution in [0, 0.1) is 18.7 Å². The summed E-state index contributed by atoms with van der Waals surface area (Å²) in [7, 11) is 0. The van der Waals surface area contributed by atoms with Crippen LogP contribution < -0.4 is 0 Å². The van der Waals surface area contributed by atoms with Crippen LogP contribution in [-0.4, -0.2) is 23.0 Å². The van der Waals surface area contributed by atoms with E-state index in [0.717, 1.165) is 24.6 Å². The van der Waals surface area contributed by atoms with Crippen molar-refractivity contribution < 1.29 is 4.39 Å². The number of hydrogen-bond donors (Lipinski definition) is 0. The summed E-state index contributed by atoms with van der Waals surface area (Å²) in [4.78, 5) is 6.48. The number of hydrogen-bond acceptors (Lipinski definition) is 2. The molecule has 1 unspecified atom stereocenters. The molecule has 88 valence electrons. The zero-order valence-electron chi connectivity index (χ0n) is 10.0. The van der Waals surface area contributed by atoms with Gasteiger partial charge < -0.3 is 0 Å². The molecule has 0 spiro atoms. The normalized spacial score (nSPS) is 21.6. The van der Waals surface area contributed by atoms with E-state index in [1.807, 2.05) is 6.92 Å². The molecule has 0 amide bonds. The van der Waals surface area contributed by atoms with Gasteiger partial charge in [-0.15, -0.1) is 0 Å². The molecule has 1 saturated heterocycles. The Hall–Kier alpha value is -0.960. The number of aryl methyl sites for hydroxylation is 1. The first-order valence-electron chi connectivity index (χ1n) is 6.02. The fraction of sp³-hybridized carbons (Fsp3) is 0.615. The summed E-state index contributed by atoms with van der Waals surface area (Å²) in [6.07, 6.45) is 4.20. The predicted octanol–water partition coefficient (Wildman–Crippen LogP) is 2.76. The lowest BCUT2D eigenvalue weighted by Gasteiger charge is -2.15. The summed E-state index contributed by atoms with van der Waals surface area (Å²) in [5.41, 5.74) is 1.47. The molecule has 1 aromatic heterocycles. The van der Waals surface area contributed by atoms with Crippen LogP contribution in [0.3, 0.4) is 0 Å². The Morgan fingerprint density at radius 3 is 3.00 bits per heavy atom. The zero-order valence-corrected chi connectivity index (χ0v) is 10.0. The summed E-state index contributed by atoms with van der Waals surface area (Å²) in [6.45, 7) is 6.91. The van der Waals surface area contributed by atoms with Crippen LogP contribution in [0.1, 0.15) is 31.0 Å². The third kappa shape index (κ3) is 2.59. The second-order valence-electron chi connectivity index (χ2n) is 4.74. The molecule has 0 saturated carbocycles. The molecule has 1 atom stereocenters. The zero-order chi connectivity index (χ0) is 11.5. The minimum Gasteiger partial charge on any atom is -0.297 e. The number of pyridine rings is 1. The predicted molar refractivity (Wildman–Crippen MR) is 62.6 cm³/mol. The van der Waals surface area contributed by atoms with Gasteiger partial charge in [0, 0.05) is 19.3 Å². The Bertz CT molecular complexity index is 365. The quantitative estimate of drug-likeness (QED) is 0.781. The van der Waals surface area contributed by atoms with Crippen LogP contribution in [0.5, 0.6) is 0 Å². The van der Waals surface area contributed by atoms with Gasteiger partial charge in [-0.1, -0.05) is 13.3 Å². The van der Waals surface area contributed by atoms with Gasteiger partial charge >= 0.3 is 0 Å². The molecule has 1 aliphatic rings. The van der Waals surface area contributed by atoms with E-state index in [1.165, 1.54) is 12.8 Å². The Morgan fingerprint density at radius 2 is 2.38 bits per heavy atom. The molecule has 1 aliphatic heterocycles. The van der Waals surface area contributed by atoms with Gasteiger partial charge in [0.25, 0.3) is 0 Å². The molecule has 0 radical (unpaired) electrons. The van der Waals surface area contributed by atoms with Crippen molar-refractivity contribution in [1.82, 2.24) is 9.88 Å². The van der Waals surface area contributed by atoms with Crippen molar-refractivity contribution in [3.63, 3.8) is 0 Å². The summed E-state index contributed by atoms with van der Waals surface area (Å²) < 4.78 is 13.6. The Balaban J connectivity index is 1.99. The molecule has 2 nitrogen and oxygen atoms in total. The van der Waals surface area contributed by atoms with E-state index in [-0.39, 0.29) is 5.82 Å². The number of nitrogens with zero attached hydrogens (tertiary/aromatic N) is 2. The fourth-order valence-corrected chi connectivity index (χ4v) is 2.28. The topological polar surface area (TPSA) is 16.1 Å². The smallest absolute Gasteiger partial charge is 0.146 e. The van der Waals surface area contributed by atoms with Crippen molar-refractivity contribution in [2.75, 3.05) is 13.1 Å². The van der Waals surface area contributed by atoms with Crippen molar-refractivity contribution >= 4 is 0 Å². The van der Waals surface area contributed by atoms with E-state index in [4.69, 9.17) is 0 Å². The highest BCUT2D eigenvalue weighted by Gasteiger charge is 2.21. The van der Waals surface area contributed by atoms with Gasteiger partial charge in [-0.3, -0.25) is 9.88 Å². The van der Waals surface area contributed by atoms with Crippen LogP contribution in [0.2, 0.25) is 0 Å². The number of halogens is 1. The maximum atomic E-state index is 13.6. The molecule has 0 bridgehead atoms. The molecule has 2 rings (SSSR count). The number of aromatic nitrogens is 1. The first-order valence-corrected chi connectivity index (χ1v) is 6.02. The average molecular weight is 222 g/mol. The van der Waals surface area contributed by atoms with Gasteiger partial charge in [0.1, 0.15) is 5.82 Å². The summed E-state index contributed by atoms with van der Waals surface area (Å²) in [5, 5.41) is 0. The van der Waals surface area contributed by atoms with Crippen molar-refractivity contribution in [1.29, 1.82) is 0 Å². The second-order valence-corrected chi connectivity index (χ2v) is 4.74. The minimum atomic E-state index is -0.167. The van der Waals surface area contributed by atoms with Gasteiger partial charge in [-0.2, -0.15) is 0 Å². The standard InChI is InChI=1S/C13H19FN2/c1-3-11-4-5-16(8-11)9-13-12(14)6-10(2)7-15-13/h6-7,11H,3-5,8-9H2,1-2H3. The van der Waals surface area contributed by atoms with Gasteiger partial charge in [0.2, 0.25) is 0 Å². The Kier molecular flexibility index (Phi) is 3.54. The third-order valence-corrected chi connectivity index (χ3v) is 3.37. The van der Waals surface area contributed by atoms with Crippen molar-refractivity contribution in [2.45, 2.75) is 33.2 Å². The molecular weight excluding hydrogens is 203 g/mol. The van der Waals surface area contributed by atoms with Gasteiger partial charge in [0.15, 0.2) is 0 Å². The van der Waals surface area contributed by atoms with Crippen LogP contribution in [0.4, 0.5) is 4.39 Å². The lowest BCUT2D eigenvalue weighted by molar-refractivity contribution is 0.305. The third-order valence-electron chi connectivity index (χ3n) is 3.37. The first-order chi connectivity index (χ1) is 7.69. The molecule has 1 fully saturated rings. The molecule has 3 heteroatoms. The van der Waals surface area contributed by atoms with Crippen LogP contribution in [0.25, 0.3) is 0 Å². The maximum absolute atomic E-state index is 13.6. The van der Waals surface area contributed by atoms with Gasteiger partial charge in [0.05, 0.1) is 5.69 Å². The lowest BCUT2D eigenvalue weighted by Crippen LogP contribution is -2.21. The van der Waals surface area contributed by atoms with Crippen molar-refractivity contribution in [2.24, 2.45) is 5.92 Å². The summed E-state index contributed by atoms with van der Waals surface area (Å²) in [5.74, 6) is 0.619. The molecule has 0 aromatic carbocycles. The molecule has 0 N–H and O–H groups in total. The van der Waals surface area contributed by atoms with Gasteiger partial charge in [-0.25, -0.2) is 4.39 Å². The second kappa shape index (κ2) is 4.91. The molecule has 2 heterocycles. The largest absolute Gasteiger partial charge is 0.297 e. The van der Waals surface area contributed by atoms with E-state index in [1.54, 1.807) is 12.3 Å². The fourth-order valence-electron chi connectivity index (χ4n) is 2.28. The van der Waals surface area contributed by atoms with Crippen molar-refractivity contribution in [3.8, 4) is 0 Å². The first kappa shape index (κ1) is 11.5. The van der Waals surface area contributed by atoms with E-state index in [9.17, 15) is 4.39 Å². The van der Waals surface area contributed by atoms with Crippen LogP contribution >= 0.6 is 0 Å². The molecule has 16 heavy (non-hydrogen) atoms.